The van der Waals surface area contributed by atoms with Crippen molar-refractivity contribution in [3.8, 4) is 23.0 Å². The lowest BCUT2D eigenvalue weighted by molar-refractivity contribution is 0.0953. The summed E-state index contributed by atoms with van der Waals surface area (Å²) >= 11 is 0. The maximum atomic E-state index is 13.1. The van der Waals surface area contributed by atoms with Gasteiger partial charge in [-0.2, -0.15) is 0 Å². The third-order valence-corrected chi connectivity index (χ3v) is 6.50. The van der Waals surface area contributed by atoms with Crippen LogP contribution >= 0.6 is 0 Å². The molecule has 6 nitrogen and oxygen atoms in total. The number of methoxy groups -OCH3 is 2. The van der Waals surface area contributed by atoms with Crippen LogP contribution in [0.1, 0.15) is 32.6 Å². The molecule has 184 valence electrons. The lowest BCUT2D eigenvalue weighted by atomic mass is 10.00. The highest BCUT2D eigenvalue weighted by Crippen LogP contribution is 2.43. The van der Waals surface area contributed by atoms with Gasteiger partial charge in [0.2, 0.25) is 5.78 Å². The van der Waals surface area contributed by atoms with Crippen LogP contribution in [-0.2, 0) is 13.0 Å². The summed E-state index contributed by atoms with van der Waals surface area (Å²) in [6.45, 7) is 3.95. The van der Waals surface area contributed by atoms with Crippen LogP contribution in [0.5, 0.6) is 23.0 Å². The minimum atomic E-state index is -0.101. The highest BCUT2D eigenvalue weighted by molar-refractivity contribution is 6.13. The van der Waals surface area contributed by atoms with Gasteiger partial charge in [-0.15, -0.1) is 0 Å². The van der Waals surface area contributed by atoms with Crippen LogP contribution in [0.2, 0.25) is 0 Å². The number of ketones is 1. The smallest absolute Gasteiger partial charge is 0.231 e. The van der Waals surface area contributed by atoms with E-state index in [1.54, 1.807) is 20.3 Å². The summed E-state index contributed by atoms with van der Waals surface area (Å²) in [7, 11) is 3.28. The van der Waals surface area contributed by atoms with Crippen molar-refractivity contribution in [1.29, 1.82) is 0 Å². The van der Waals surface area contributed by atoms with Crippen LogP contribution in [0, 0.1) is 6.92 Å². The van der Waals surface area contributed by atoms with E-state index in [1.807, 2.05) is 73.7 Å². The lowest BCUT2D eigenvalue weighted by Gasteiger charge is -2.30. The number of rotatable bonds is 7. The summed E-state index contributed by atoms with van der Waals surface area (Å²) in [5.74, 6) is 3.07. The quantitative estimate of drug-likeness (QED) is 0.409. The van der Waals surface area contributed by atoms with Gasteiger partial charge in [0.15, 0.2) is 17.3 Å². The first-order valence-corrected chi connectivity index (χ1v) is 12.0. The standard InChI is InChI=1S/C30H29NO5/c1-20-29-23(18-31(19-35-29)15-14-22-12-13-25(33-2)27(16-22)34-3)17-24-28(32)26(36-30(20)24)11-7-10-21-8-5-4-6-9-21/h4-13,16-17H,14-15,18-19H2,1-3H3/b10-7+,26-11-. The number of carbonyl (C=O) groups is 1. The summed E-state index contributed by atoms with van der Waals surface area (Å²) < 4.78 is 22.8. The van der Waals surface area contributed by atoms with Gasteiger partial charge < -0.3 is 18.9 Å². The number of hydrogen-bond acceptors (Lipinski definition) is 6. The minimum Gasteiger partial charge on any atom is -0.493 e. The SMILES string of the molecule is COc1ccc(CCN2COc3c(cc4c(c3C)O/C(=C\C=C\c3ccccc3)C4=O)C2)cc1OC. The molecule has 2 heterocycles. The van der Waals surface area contributed by atoms with Crippen LogP contribution in [-0.4, -0.2) is 38.2 Å². The summed E-state index contributed by atoms with van der Waals surface area (Å²) in [5, 5.41) is 0. The Labute approximate surface area is 211 Å². The molecule has 6 heteroatoms. The normalized spacial score (nSPS) is 16.0. The molecule has 36 heavy (non-hydrogen) atoms. The molecule has 0 bridgehead atoms. The summed E-state index contributed by atoms with van der Waals surface area (Å²) in [6.07, 6.45) is 6.36. The van der Waals surface area contributed by atoms with Crippen molar-refractivity contribution in [2.24, 2.45) is 0 Å². The van der Waals surface area contributed by atoms with E-state index in [1.165, 1.54) is 0 Å². The maximum absolute atomic E-state index is 13.1. The highest BCUT2D eigenvalue weighted by atomic mass is 16.5. The molecule has 0 radical (unpaired) electrons. The number of nitrogens with zero attached hydrogens (tertiary/aromatic N) is 1. The number of benzene rings is 3. The molecule has 2 aliphatic rings. The molecular weight excluding hydrogens is 454 g/mol. The van der Waals surface area contributed by atoms with E-state index >= 15 is 0 Å². The predicted molar refractivity (Wildman–Crippen MR) is 139 cm³/mol. The van der Waals surface area contributed by atoms with Gasteiger partial charge in [0.1, 0.15) is 18.2 Å². The van der Waals surface area contributed by atoms with E-state index in [9.17, 15) is 4.79 Å². The highest BCUT2D eigenvalue weighted by Gasteiger charge is 2.33. The molecule has 0 saturated carbocycles. The Balaban J connectivity index is 1.29. The van der Waals surface area contributed by atoms with Gasteiger partial charge in [0.05, 0.1) is 19.8 Å². The molecule has 0 aromatic heterocycles. The van der Waals surface area contributed by atoms with Gasteiger partial charge in [0.25, 0.3) is 0 Å². The number of Topliss-reactive ketones (excluding diaryl/α,β-unsaturated/α-hetero) is 1. The molecule has 3 aromatic rings. The van der Waals surface area contributed by atoms with Crippen molar-refractivity contribution in [2.75, 3.05) is 27.5 Å². The van der Waals surface area contributed by atoms with Crippen molar-refractivity contribution >= 4 is 11.9 Å². The number of ether oxygens (including phenoxy) is 4. The van der Waals surface area contributed by atoms with E-state index in [0.717, 1.165) is 52.5 Å². The van der Waals surface area contributed by atoms with E-state index in [-0.39, 0.29) is 5.78 Å². The molecule has 5 rings (SSSR count). The molecule has 0 N–H and O–H groups in total. The van der Waals surface area contributed by atoms with Crippen LogP contribution in [0.25, 0.3) is 6.08 Å². The van der Waals surface area contributed by atoms with Crippen molar-refractivity contribution in [2.45, 2.75) is 19.9 Å². The molecule has 0 unspecified atom stereocenters. The molecule has 0 aliphatic carbocycles. The van der Waals surface area contributed by atoms with Crippen LogP contribution < -0.4 is 18.9 Å². The number of fused-ring (bicyclic) bond motifs is 2. The fourth-order valence-electron chi connectivity index (χ4n) is 4.59. The fraction of sp³-hybridized carbons (Fsp3) is 0.233. The molecule has 0 atom stereocenters. The summed E-state index contributed by atoms with van der Waals surface area (Å²) in [4.78, 5) is 15.3. The Morgan fingerprint density at radius 3 is 2.58 bits per heavy atom. The Morgan fingerprint density at radius 1 is 1.00 bits per heavy atom. The van der Waals surface area contributed by atoms with Crippen molar-refractivity contribution < 1.29 is 23.7 Å². The van der Waals surface area contributed by atoms with E-state index in [0.29, 0.717) is 30.3 Å². The average Bonchev–Trinajstić information content (AvgIpc) is 3.23. The molecule has 0 spiro atoms. The largest absolute Gasteiger partial charge is 0.493 e. The lowest BCUT2D eigenvalue weighted by Crippen LogP contribution is -2.34. The maximum Gasteiger partial charge on any atom is 0.231 e. The third-order valence-electron chi connectivity index (χ3n) is 6.50. The number of carbonyl (C=O) groups excluding carboxylic acids is 1. The van der Waals surface area contributed by atoms with Gasteiger partial charge in [-0.05, 0) is 48.7 Å². The molecule has 0 fully saturated rings. The zero-order chi connectivity index (χ0) is 25.1. The first-order chi connectivity index (χ1) is 17.6. The molecule has 2 aliphatic heterocycles. The molecule has 0 saturated heterocycles. The monoisotopic (exact) mass is 483 g/mol. The van der Waals surface area contributed by atoms with Gasteiger partial charge >= 0.3 is 0 Å². The number of hydrogen-bond donors (Lipinski definition) is 0. The molecule has 3 aromatic carbocycles. The van der Waals surface area contributed by atoms with Gasteiger partial charge in [-0.3, -0.25) is 9.69 Å². The van der Waals surface area contributed by atoms with Crippen molar-refractivity contribution in [3.05, 3.63) is 100 Å². The van der Waals surface area contributed by atoms with Crippen LogP contribution in [0.4, 0.5) is 0 Å². The second kappa shape index (κ2) is 10.3. The summed E-state index contributed by atoms with van der Waals surface area (Å²) in [5.41, 5.74) is 4.68. The third kappa shape index (κ3) is 4.72. The summed E-state index contributed by atoms with van der Waals surface area (Å²) in [6, 6.07) is 17.8. The zero-order valence-corrected chi connectivity index (χ0v) is 20.7. The fourth-order valence-corrected chi connectivity index (χ4v) is 4.59. The van der Waals surface area contributed by atoms with E-state index in [4.69, 9.17) is 18.9 Å². The minimum absolute atomic E-state index is 0.101. The van der Waals surface area contributed by atoms with Crippen molar-refractivity contribution in [3.63, 3.8) is 0 Å². The Morgan fingerprint density at radius 2 is 1.81 bits per heavy atom. The average molecular weight is 484 g/mol. The van der Waals surface area contributed by atoms with Crippen LogP contribution in [0.15, 0.2) is 72.5 Å². The topological polar surface area (TPSA) is 57.2 Å². The Bertz CT molecular complexity index is 1340. The molecule has 0 amide bonds. The second-order valence-corrected chi connectivity index (χ2v) is 8.86. The molecular formula is C30H29NO5. The second-order valence-electron chi connectivity index (χ2n) is 8.86. The predicted octanol–water partition coefficient (Wildman–Crippen LogP) is 5.58. The van der Waals surface area contributed by atoms with Gasteiger partial charge in [0, 0.05) is 24.2 Å². The first kappa shape index (κ1) is 23.7. The van der Waals surface area contributed by atoms with Crippen LogP contribution in [0.3, 0.4) is 0 Å². The van der Waals surface area contributed by atoms with E-state index in [2.05, 4.69) is 4.90 Å². The number of allylic oxidation sites excluding steroid dienone is 3. The Kier molecular flexibility index (Phi) is 6.78. The van der Waals surface area contributed by atoms with Gasteiger partial charge in [-0.25, -0.2) is 0 Å². The first-order valence-electron chi connectivity index (χ1n) is 12.0. The Hall–Kier alpha value is -4.03. The van der Waals surface area contributed by atoms with E-state index < -0.39 is 0 Å². The zero-order valence-electron chi connectivity index (χ0n) is 20.7. The van der Waals surface area contributed by atoms with Crippen molar-refractivity contribution in [1.82, 2.24) is 4.90 Å². The van der Waals surface area contributed by atoms with Gasteiger partial charge in [-0.1, -0.05) is 48.6 Å².